The normalized spacial score (nSPS) is 14.4. The fourth-order valence-electron chi connectivity index (χ4n) is 3.28. The number of carbonyl (C=O) groups excluding carboxylic acids is 1. The lowest BCUT2D eigenvalue weighted by molar-refractivity contribution is 0.0702. The van der Waals surface area contributed by atoms with Gasteiger partial charge in [-0.1, -0.05) is 18.2 Å². The molecule has 0 saturated heterocycles. The van der Waals surface area contributed by atoms with Gasteiger partial charge < -0.3 is 14.2 Å². The standard InChI is InChI=1S/C18H20N4O2/c1-21(2)11-14-13-5-3-4-6-16(13)24-17(14)18(23)22-8-7-15-12(10-22)9-19-20-15/h3-6,9H,7-8,10-11H2,1-2H3,(H,19,20). The largest absolute Gasteiger partial charge is 0.451 e. The van der Waals surface area contributed by atoms with E-state index in [1.807, 2.05) is 43.3 Å². The topological polar surface area (TPSA) is 65.4 Å². The average Bonchev–Trinajstić information content (AvgIpc) is 3.18. The van der Waals surface area contributed by atoms with Crippen LogP contribution in [0.4, 0.5) is 0 Å². The van der Waals surface area contributed by atoms with Crippen LogP contribution < -0.4 is 0 Å². The zero-order valence-corrected chi connectivity index (χ0v) is 13.9. The van der Waals surface area contributed by atoms with E-state index < -0.39 is 0 Å². The van der Waals surface area contributed by atoms with Crippen LogP contribution in [0.15, 0.2) is 34.9 Å². The molecule has 3 heterocycles. The number of benzene rings is 1. The third-order valence-corrected chi connectivity index (χ3v) is 4.45. The molecule has 0 aliphatic carbocycles. The van der Waals surface area contributed by atoms with Gasteiger partial charge in [-0.15, -0.1) is 0 Å². The minimum Gasteiger partial charge on any atom is -0.451 e. The molecule has 0 fully saturated rings. The number of furan rings is 1. The van der Waals surface area contributed by atoms with Gasteiger partial charge in [0.15, 0.2) is 5.76 Å². The SMILES string of the molecule is CN(C)Cc1c(C(=O)N2CCc3[nH]ncc3C2)oc2ccccc12. The van der Waals surface area contributed by atoms with E-state index in [2.05, 4.69) is 15.1 Å². The van der Waals surface area contributed by atoms with E-state index >= 15 is 0 Å². The quantitative estimate of drug-likeness (QED) is 0.803. The van der Waals surface area contributed by atoms with Gasteiger partial charge in [0.05, 0.1) is 6.20 Å². The van der Waals surface area contributed by atoms with Crippen molar-refractivity contribution in [3.63, 3.8) is 0 Å². The van der Waals surface area contributed by atoms with Crippen LogP contribution in [0.2, 0.25) is 0 Å². The highest BCUT2D eigenvalue weighted by atomic mass is 16.3. The summed E-state index contributed by atoms with van der Waals surface area (Å²) in [6.07, 6.45) is 2.60. The first-order valence-corrected chi connectivity index (χ1v) is 8.09. The van der Waals surface area contributed by atoms with Crippen LogP contribution in [0, 0.1) is 0 Å². The lowest BCUT2D eigenvalue weighted by atomic mass is 10.1. The number of aromatic nitrogens is 2. The molecule has 1 aliphatic rings. The third-order valence-electron chi connectivity index (χ3n) is 4.45. The Hall–Kier alpha value is -2.60. The van der Waals surface area contributed by atoms with E-state index in [0.29, 0.717) is 25.4 Å². The van der Waals surface area contributed by atoms with Crippen molar-refractivity contribution in [2.45, 2.75) is 19.5 Å². The Bertz CT molecular complexity index is 893. The van der Waals surface area contributed by atoms with Crippen LogP contribution >= 0.6 is 0 Å². The maximum atomic E-state index is 13.1. The van der Waals surface area contributed by atoms with Crippen molar-refractivity contribution in [3.8, 4) is 0 Å². The molecule has 0 atom stereocenters. The van der Waals surface area contributed by atoms with Gasteiger partial charge in [-0.2, -0.15) is 5.10 Å². The van der Waals surface area contributed by atoms with Crippen molar-refractivity contribution in [3.05, 3.63) is 53.0 Å². The molecule has 6 nitrogen and oxygen atoms in total. The number of aromatic amines is 1. The summed E-state index contributed by atoms with van der Waals surface area (Å²) in [5, 5.41) is 8.08. The van der Waals surface area contributed by atoms with Gasteiger partial charge in [-0.3, -0.25) is 9.89 Å². The first kappa shape index (κ1) is 15.0. The summed E-state index contributed by atoms with van der Waals surface area (Å²) in [7, 11) is 3.99. The summed E-state index contributed by atoms with van der Waals surface area (Å²) in [6, 6.07) is 7.83. The van der Waals surface area contributed by atoms with E-state index in [0.717, 1.165) is 34.2 Å². The van der Waals surface area contributed by atoms with Crippen molar-refractivity contribution in [2.75, 3.05) is 20.6 Å². The van der Waals surface area contributed by atoms with Crippen molar-refractivity contribution < 1.29 is 9.21 Å². The van der Waals surface area contributed by atoms with Gasteiger partial charge in [-0.25, -0.2) is 0 Å². The lowest BCUT2D eigenvalue weighted by Gasteiger charge is -2.26. The first-order chi connectivity index (χ1) is 11.6. The predicted molar refractivity (Wildman–Crippen MR) is 90.6 cm³/mol. The highest BCUT2D eigenvalue weighted by Crippen LogP contribution is 2.29. The number of hydrogen-bond acceptors (Lipinski definition) is 4. The third kappa shape index (κ3) is 2.49. The fourth-order valence-corrected chi connectivity index (χ4v) is 3.28. The Labute approximate surface area is 140 Å². The number of hydrogen-bond donors (Lipinski definition) is 1. The maximum Gasteiger partial charge on any atom is 0.290 e. The molecule has 2 aromatic heterocycles. The average molecular weight is 324 g/mol. The number of para-hydroxylation sites is 1. The second kappa shape index (κ2) is 5.79. The first-order valence-electron chi connectivity index (χ1n) is 8.09. The van der Waals surface area contributed by atoms with Gasteiger partial charge in [-0.05, 0) is 20.2 Å². The summed E-state index contributed by atoms with van der Waals surface area (Å²) in [4.78, 5) is 17.0. The highest BCUT2D eigenvalue weighted by Gasteiger charge is 2.28. The molecule has 1 aromatic carbocycles. The Morgan fingerprint density at radius 2 is 2.21 bits per heavy atom. The minimum absolute atomic E-state index is 0.0464. The Balaban J connectivity index is 1.72. The van der Waals surface area contributed by atoms with E-state index in [4.69, 9.17) is 4.42 Å². The molecule has 0 unspecified atom stereocenters. The summed E-state index contributed by atoms with van der Waals surface area (Å²) in [5.41, 5.74) is 3.93. The second-order valence-electron chi connectivity index (χ2n) is 6.49. The van der Waals surface area contributed by atoms with Crippen LogP contribution in [0.5, 0.6) is 0 Å². The number of nitrogens with zero attached hydrogens (tertiary/aromatic N) is 3. The van der Waals surface area contributed by atoms with Crippen LogP contribution in [-0.4, -0.2) is 46.5 Å². The van der Waals surface area contributed by atoms with Gasteiger partial charge in [0, 0.05) is 48.3 Å². The van der Waals surface area contributed by atoms with Crippen molar-refractivity contribution in [1.82, 2.24) is 20.0 Å². The molecular weight excluding hydrogens is 304 g/mol. The Morgan fingerprint density at radius 3 is 3.04 bits per heavy atom. The fraction of sp³-hybridized carbons (Fsp3) is 0.333. The van der Waals surface area contributed by atoms with Crippen LogP contribution in [0.3, 0.4) is 0 Å². The molecule has 0 bridgehead atoms. The van der Waals surface area contributed by atoms with Crippen LogP contribution in [-0.2, 0) is 19.5 Å². The Morgan fingerprint density at radius 1 is 1.38 bits per heavy atom. The summed E-state index contributed by atoms with van der Waals surface area (Å²) >= 11 is 0. The minimum atomic E-state index is -0.0464. The smallest absolute Gasteiger partial charge is 0.290 e. The zero-order valence-electron chi connectivity index (χ0n) is 13.9. The summed E-state index contributed by atoms with van der Waals surface area (Å²) < 4.78 is 5.94. The Kier molecular flexibility index (Phi) is 3.61. The molecule has 1 N–H and O–H groups in total. The van der Waals surface area contributed by atoms with E-state index in [-0.39, 0.29) is 5.91 Å². The zero-order chi connectivity index (χ0) is 16.7. The monoisotopic (exact) mass is 324 g/mol. The molecule has 124 valence electrons. The maximum absolute atomic E-state index is 13.1. The lowest BCUT2D eigenvalue weighted by Crippen LogP contribution is -2.36. The number of nitrogens with one attached hydrogen (secondary N) is 1. The molecule has 0 radical (unpaired) electrons. The molecule has 6 heteroatoms. The molecule has 0 saturated carbocycles. The van der Waals surface area contributed by atoms with Gasteiger partial charge in [0.25, 0.3) is 5.91 Å². The van der Waals surface area contributed by atoms with E-state index in [1.54, 1.807) is 6.20 Å². The molecule has 1 amide bonds. The molecule has 4 rings (SSSR count). The number of rotatable bonds is 3. The van der Waals surface area contributed by atoms with E-state index in [9.17, 15) is 4.79 Å². The highest BCUT2D eigenvalue weighted by molar-refractivity contribution is 5.99. The molecule has 24 heavy (non-hydrogen) atoms. The van der Waals surface area contributed by atoms with Crippen LogP contribution in [0.1, 0.15) is 27.4 Å². The van der Waals surface area contributed by atoms with Crippen LogP contribution in [0.25, 0.3) is 11.0 Å². The predicted octanol–water partition coefficient (Wildman–Crippen LogP) is 2.42. The second-order valence-corrected chi connectivity index (χ2v) is 6.49. The summed E-state index contributed by atoms with van der Waals surface area (Å²) in [6.45, 7) is 1.92. The van der Waals surface area contributed by atoms with Gasteiger partial charge in [0.1, 0.15) is 5.58 Å². The van der Waals surface area contributed by atoms with Crippen molar-refractivity contribution in [1.29, 1.82) is 0 Å². The van der Waals surface area contributed by atoms with E-state index in [1.165, 1.54) is 0 Å². The van der Waals surface area contributed by atoms with Gasteiger partial charge >= 0.3 is 0 Å². The van der Waals surface area contributed by atoms with Gasteiger partial charge in [0.2, 0.25) is 0 Å². The number of fused-ring (bicyclic) bond motifs is 2. The molecular formula is C18H20N4O2. The number of carbonyl (C=O) groups is 1. The number of H-pyrrole nitrogens is 1. The molecule has 1 aliphatic heterocycles. The summed E-state index contributed by atoms with van der Waals surface area (Å²) in [5.74, 6) is 0.409. The molecule has 0 spiro atoms. The van der Waals surface area contributed by atoms with Crippen molar-refractivity contribution >= 4 is 16.9 Å². The van der Waals surface area contributed by atoms with Crippen molar-refractivity contribution in [2.24, 2.45) is 0 Å². The molecule has 3 aromatic rings. The number of amides is 1.